The Balaban J connectivity index is 1.53. The molecule has 4 rings (SSSR count). The second-order valence-corrected chi connectivity index (χ2v) is 7.71. The lowest BCUT2D eigenvalue weighted by molar-refractivity contribution is -0.132. The van der Waals surface area contributed by atoms with Gasteiger partial charge in [-0.1, -0.05) is 12.1 Å². The fraction of sp³-hybridized carbons (Fsp3) is 0.476. The Labute approximate surface area is 170 Å². The second kappa shape index (κ2) is 8.73. The highest BCUT2D eigenvalue weighted by Crippen LogP contribution is 2.29. The number of nitrogens with one attached hydrogen (secondary N) is 2. The van der Waals surface area contributed by atoms with Crippen molar-refractivity contribution in [3.63, 3.8) is 0 Å². The van der Waals surface area contributed by atoms with E-state index >= 15 is 0 Å². The predicted octanol–water partition coefficient (Wildman–Crippen LogP) is 1.80. The number of anilines is 2. The molecule has 1 atom stereocenters. The smallest absolute Gasteiger partial charge is 0.242 e. The zero-order chi connectivity index (χ0) is 20.2. The number of likely N-dealkylation sites (N-methyl/N-ethyl adjacent to an activating group) is 1. The van der Waals surface area contributed by atoms with Gasteiger partial charge in [-0.2, -0.15) is 0 Å². The molecule has 2 aliphatic heterocycles. The lowest BCUT2D eigenvalue weighted by atomic mass is 10.0. The molecule has 2 aliphatic rings. The number of carbonyl (C=O) groups is 1. The number of halogens is 1. The average molecular weight is 398 g/mol. The number of benzene rings is 1. The van der Waals surface area contributed by atoms with Gasteiger partial charge in [-0.05, 0) is 43.5 Å². The third-order valence-electron chi connectivity index (χ3n) is 5.61. The van der Waals surface area contributed by atoms with E-state index in [1.54, 1.807) is 12.1 Å². The molecule has 2 aromatic rings. The average Bonchev–Trinajstić information content (AvgIpc) is 2.85. The molecule has 0 radical (unpaired) electrons. The van der Waals surface area contributed by atoms with Gasteiger partial charge in [0.05, 0.1) is 18.7 Å². The molecule has 1 fully saturated rings. The number of hydrogen-bond donors (Lipinski definition) is 2. The normalized spacial score (nSPS) is 19.7. The summed E-state index contributed by atoms with van der Waals surface area (Å²) in [5, 5.41) is 6.77. The topological polar surface area (TPSA) is 73.4 Å². The van der Waals surface area contributed by atoms with Gasteiger partial charge in [-0.25, -0.2) is 14.4 Å². The first-order valence-electron chi connectivity index (χ1n) is 10.2. The zero-order valence-electron chi connectivity index (χ0n) is 16.7. The fourth-order valence-electron chi connectivity index (χ4n) is 4.11. The Morgan fingerprint density at radius 1 is 1.31 bits per heavy atom. The van der Waals surface area contributed by atoms with Crippen LogP contribution in [0.15, 0.2) is 30.6 Å². The van der Waals surface area contributed by atoms with Crippen LogP contribution in [0.1, 0.15) is 24.0 Å². The minimum absolute atomic E-state index is 0.116. The molecule has 0 bridgehead atoms. The van der Waals surface area contributed by atoms with E-state index in [0.29, 0.717) is 26.1 Å². The summed E-state index contributed by atoms with van der Waals surface area (Å²) in [4.78, 5) is 25.6. The van der Waals surface area contributed by atoms with Crippen LogP contribution in [0.4, 0.5) is 16.0 Å². The van der Waals surface area contributed by atoms with Crippen molar-refractivity contribution in [2.75, 3.05) is 43.4 Å². The van der Waals surface area contributed by atoms with Crippen molar-refractivity contribution in [1.29, 1.82) is 0 Å². The minimum atomic E-state index is -0.227. The molecule has 29 heavy (non-hydrogen) atoms. The highest BCUT2D eigenvalue weighted by atomic mass is 19.1. The maximum atomic E-state index is 13.4. The number of fused-ring (bicyclic) bond motifs is 1. The van der Waals surface area contributed by atoms with Gasteiger partial charge in [-0.3, -0.25) is 4.79 Å². The Bertz CT molecular complexity index is 870. The Kier molecular flexibility index (Phi) is 5.89. The second-order valence-electron chi connectivity index (χ2n) is 7.71. The quantitative estimate of drug-likeness (QED) is 0.800. The van der Waals surface area contributed by atoms with E-state index in [4.69, 9.17) is 0 Å². The van der Waals surface area contributed by atoms with Crippen molar-refractivity contribution in [1.82, 2.24) is 20.2 Å². The van der Waals surface area contributed by atoms with Crippen molar-refractivity contribution in [2.45, 2.75) is 31.8 Å². The molecule has 1 unspecified atom stereocenters. The van der Waals surface area contributed by atoms with Crippen LogP contribution in [0.5, 0.6) is 0 Å². The Morgan fingerprint density at radius 3 is 3.00 bits per heavy atom. The molecule has 1 aromatic heterocycles. The molecular formula is C21H27FN6O. The van der Waals surface area contributed by atoms with Gasteiger partial charge < -0.3 is 20.4 Å². The van der Waals surface area contributed by atoms with Gasteiger partial charge in [0.1, 0.15) is 23.8 Å². The molecule has 154 valence electrons. The van der Waals surface area contributed by atoms with Crippen LogP contribution in [0.3, 0.4) is 0 Å². The SMILES string of the molecule is CN1CC(=O)N(C2CCCNC2)Cc2c(NCCc3cccc(F)c3)ncnc21. The number of carbonyl (C=O) groups excluding carboxylic acids is 1. The van der Waals surface area contributed by atoms with Crippen LogP contribution in [0.25, 0.3) is 0 Å². The maximum absolute atomic E-state index is 13.4. The molecule has 7 nitrogen and oxygen atoms in total. The molecule has 0 saturated carbocycles. The van der Waals surface area contributed by atoms with E-state index < -0.39 is 0 Å². The summed E-state index contributed by atoms with van der Waals surface area (Å²) < 4.78 is 13.4. The molecule has 3 heterocycles. The third-order valence-corrected chi connectivity index (χ3v) is 5.61. The number of hydrogen-bond acceptors (Lipinski definition) is 6. The summed E-state index contributed by atoms with van der Waals surface area (Å²) >= 11 is 0. The summed E-state index contributed by atoms with van der Waals surface area (Å²) in [7, 11) is 1.89. The number of rotatable bonds is 5. The summed E-state index contributed by atoms with van der Waals surface area (Å²) in [5.74, 6) is 1.41. The minimum Gasteiger partial charge on any atom is -0.369 e. The molecule has 2 N–H and O–H groups in total. The predicted molar refractivity (Wildman–Crippen MR) is 110 cm³/mol. The first-order valence-corrected chi connectivity index (χ1v) is 10.2. The Hall–Kier alpha value is -2.74. The van der Waals surface area contributed by atoms with Crippen LogP contribution in [-0.4, -0.2) is 60.0 Å². The van der Waals surface area contributed by atoms with Gasteiger partial charge in [0.15, 0.2) is 0 Å². The van der Waals surface area contributed by atoms with Crippen LogP contribution in [-0.2, 0) is 17.8 Å². The molecule has 8 heteroatoms. The van der Waals surface area contributed by atoms with E-state index in [-0.39, 0.29) is 17.8 Å². The standard InChI is InChI=1S/C21H27FN6O/c1-27-13-19(29)28(17-6-3-8-23-11-17)12-18-20(25-14-26-21(18)27)24-9-7-15-4-2-5-16(22)10-15/h2,4-5,10,14,17,23H,3,6-9,11-13H2,1H3,(H,24,25,26). The van der Waals surface area contributed by atoms with E-state index in [9.17, 15) is 9.18 Å². The summed E-state index contributed by atoms with van der Waals surface area (Å²) in [6.45, 7) is 3.25. The van der Waals surface area contributed by atoms with Crippen molar-refractivity contribution < 1.29 is 9.18 Å². The third kappa shape index (κ3) is 4.48. The molecule has 0 spiro atoms. The van der Waals surface area contributed by atoms with E-state index in [2.05, 4.69) is 20.6 Å². The zero-order valence-corrected chi connectivity index (χ0v) is 16.7. The van der Waals surface area contributed by atoms with Crippen LogP contribution in [0.2, 0.25) is 0 Å². The number of amides is 1. The maximum Gasteiger partial charge on any atom is 0.242 e. The number of nitrogens with zero attached hydrogens (tertiary/aromatic N) is 4. The number of piperidine rings is 1. The van der Waals surface area contributed by atoms with Crippen molar-refractivity contribution in [3.05, 3.63) is 47.5 Å². The molecular weight excluding hydrogens is 371 g/mol. The Morgan fingerprint density at radius 2 is 2.21 bits per heavy atom. The molecule has 1 aromatic carbocycles. The number of aromatic nitrogens is 2. The van der Waals surface area contributed by atoms with E-state index in [1.807, 2.05) is 22.9 Å². The first kappa shape index (κ1) is 19.6. The molecule has 1 amide bonds. The van der Waals surface area contributed by atoms with Gasteiger partial charge >= 0.3 is 0 Å². The molecule has 1 saturated heterocycles. The van der Waals surface area contributed by atoms with Gasteiger partial charge in [0.2, 0.25) is 5.91 Å². The van der Waals surface area contributed by atoms with Crippen molar-refractivity contribution in [3.8, 4) is 0 Å². The van der Waals surface area contributed by atoms with Crippen LogP contribution in [0, 0.1) is 5.82 Å². The van der Waals surface area contributed by atoms with Gasteiger partial charge in [0, 0.05) is 26.2 Å². The van der Waals surface area contributed by atoms with E-state index in [0.717, 1.165) is 48.7 Å². The fourth-order valence-corrected chi connectivity index (χ4v) is 4.11. The summed E-state index contributed by atoms with van der Waals surface area (Å²) in [6, 6.07) is 6.82. The summed E-state index contributed by atoms with van der Waals surface area (Å²) in [5.41, 5.74) is 1.87. The highest BCUT2D eigenvalue weighted by molar-refractivity contribution is 5.84. The van der Waals surface area contributed by atoms with Gasteiger partial charge in [-0.15, -0.1) is 0 Å². The van der Waals surface area contributed by atoms with Crippen molar-refractivity contribution in [2.24, 2.45) is 0 Å². The first-order chi connectivity index (χ1) is 14.1. The van der Waals surface area contributed by atoms with Crippen LogP contribution >= 0.6 is 0 Å². The van der Waals surface area contributed by atoms with E-state index in [1.165, 1.54) is 12.4 Å². The lowest BCUT2D eigenvalue weighted by Gasteiger charge is -2.34. The summed E-state index contributed by atoms with van der Waals surface area (Å²) in [6.07, 6.45) is 4.29. The van der Waals surface area contributed by atoms with Crippen LogP contribution < -0.4 is 15.5 Å². The van der Waals surface area contributed by atoms with Crippen molar-refractivity contribution >= 4 is 17.5 Å². The monoisotopic (exact) mass is 398 g/mol. The largest absolute Gasteiger partial charge is 0.369 e. The highest BCUT2D eigenvalue weighted by Gasteiger charge is 2.32. The molecule has 0 aliphatic carbocycles. The lowest BCUT2D eigenvalue weighted by Crippen LogP contribution is -2.49. The van der Waals surface area contributed by atoms with Gasteiger partial charge in [0.25, 0.3) is 0 Å².